The molecule has 1 atom stereocenters. The highest BCUT2D eigenvalue weighted by molar-refractivity contribution is 5.04. The first-order valence-electron chi connectivity index (χ1n) is 4.93. The van der Waals surface area contributed by atoms with Crippen LogP contribution in [-0.4, -0.2) is 11.2 Å². The summed E-state index contributed by atoms with van der Waals surface area (Å²) < 4.78 is 6.03. The maximum Gasteiger partial charge on any atom is 0.0762 e. The van der Waals surface area contributed by atoms with Crippen LogP contribution in [0.5, 0.6) is 0 Å². The molecule has 1 saturated heterocycles. The third-order valence-corrected chi connectivity index (χ3v) is 3.12. The van der Waals surface area contributed by atoms with Crippen molar-refractivity contribution in [2.45, 2.75) is 65.6 Å². The standard InChI is InChI=1S/C11H22O/c1-7-11(9(2,3)4)8-10(5,6)12-11/h7-8H2,1-6H3. The Morgan fingerprint density at radius 1 is 1.25 bits per heavy atom. The van der Waals surface area contributed by atoms with E-state index in [-0.39, 0.29) is 16.6 Å². The molecule has 1 heteroatoms. The number of ether oxygens (including phenoxy) is 1. The molecule has 1 unspecified atom stereocenters. The van der Waals surface area contributed by atoms with Crippen LogP contribution >= 0.6 is 0 Å². The van der Waals surface area contributed by atoms with Gasteiger partial charge in [0.25, 0.3) is 0 Å². The van der Waals surface area contributed by atoms with E-state index >= 15 is 0 Å². The van der Waals surface area contributed by atoms with Crippen LogP contribution in [0.3, 0.4) is 0 Å². The summed E-state index contributed by atoms with van der Waals surface area (Å²) in [4.78, 5) is 0. The van der Waals surface area contributed by atoms with E-state index in [1.54, 1.807) is 0 Å². The molecule has 1 heterocycles. The zero-order valence-corrected chi connectivity index (χ0v) is 9.32. The fourth-order valence-corrected chi connectivity index (χ4v) is 2.35. The Morgan fingerprint density at radius 3 is 1.75 bits per heavy atom. The molecule has 0 aromatic carbocycles. The highest BCUT2D eigenvalue weighted by Crippen LogP contribution is 2.52. The quantitative estimate of drug-likeness (QED) is 0.586. The van der Waals surface area contributed by atoms with E-state index < -0.39 is 0 Å². The van der Waals surface area contributed by atoms with Crippen LogP contribution in [0, 0.1) is 5.41 Å². The van der Waals surface area contributed by atoms with E-state index in [0.717, 1.165) is 6.42 Å². The Bertz CT molecular complexity index is 166. The Morgan fingerprint density at radius 2 is 1.67 bits per heavy atom. The van der Waals surface area contributed by atoms with Crippen molar-refractivity contribution in [2.75, 3.05) is 0 Å². The lowest BCUT2D eigenvalue weighted by Gasteiger charge is -2.59. The van der Waals surface area contributed by atoms with Gasteiger partial charge in [0.1, 0.15) is 0 Å². The molecule has 0 saturated carbocycles. The smallest absolute Gasteiger partial charge is 0.0762 e. The minimum absolute atomic E-state index is 0.114. The molecule has 1 aliphatic heterocycles. The fourth-order valence-electron chi connectivity index (χ4n) is 2.35. The van der Waals surface area contributed by atoms with Crippen molar-refractivity contribution in [3.63, 3.8) is 0 Å². The van der Waals surface area contributed by atoms with Gasteiger partial charge in [0.15, 0.2) is 0 Å². The van der Waals surface area contributed by atoms with E-state index in [2.05, 4.69) is 41.5 Å². The lowest BCUT2D eigenvalue weighted by atomic mass is 9.65. The number of hydrogen-bond donors (Lipinski definition) is 0. The zero-order valence-electron chi connectivity index (χ0n) is 9.32. The predicted molar refractivity (Wildman–Crippen MR) is 52.3 cm³/mol. The van der Waals surface area contributed by atoms with Gasteiger partial charge in [-0.1, -0.05) is 27.7 Å². The van der Waals surface area contributed by atoms with Gasteiger partial charge in [-0.05, 0) is 25.7 Å². The second kappa shape index (κ2) is 2.47. The highest BCUT2D eigenvalue weighted by Gasteiger charge is 2.55. The molecule has 1 nitrogen and oxygen atoms in total. The average molecular weight is 170 g/mol. The Hall–Kier alpha value is -0.0400. The van der Waals surface area contributed by atoms with Crippen molar-refractivity contribution in [2.24, 2.45) is 5.41 Å². The summed E-state index contributed by atoms with van der Waals surface area (Å²) in [5.74, 6) is 0. The van der Waals surface area contributed by atoms with Crippen LogP contribution in [0.2, 0.25) is 0 Å². The van der Waals surface area contributed by atoms with Gasteiger partial charge in [-0.25, -0.2) is 0 Å². The fraction of sp³-hybridized carbons (Fsp3) is 1.00. The van der Waals surface area contributed by atoms with Gasteiger partial charge in [-0.15, -0.1) is 0 Å². The van der Waals surface area contributed by atoms with Crippen LogP contribution < -0.4 is 0 Å². The number of hydrogen-bond acceptors (Lipinski definition) is 1. The highest BCUT2D eigenvalue weighted by atomic mass is 16.6. The summed E-state index contributed by atoms with van der Waals surface area (Å²) in [6.07, 6.45) is 2.32. The molecule has 1 fully saturated rings. The maximum atomic E-state index is 6.03. The summed E-state index contributed by atoms with van der Waals surface area (Å²) in [7, 11) is 0. The molecule has 1 aliphatic rings. The first-order chi connectivity index (χ1) is 5.22. The molecule has 0 amide bonds. The minimum Gasteiger partial charge on any atom is -0.368 e. The minimum atomic E-state index is 0.114. The molecule has 0 aliphatic carbocycles. The summed E-state index contributed by atoms with van der Waals surface area (Å²) in [5, 5.41) is 0. The van der Waals surface area contributed by atoms with E-state index in [1.165, 1.54) is 6.42 Å². The predicted octanol–water partition coefficient (Wildman–Crippen LogP) is 3.38. The third-order valence-electron chi connectivity index (χ3n) is 3.12. The van der Waals surface area contributed by atoms with Crippen molar-refractivity contribution >= 4 is 0 Å². The van der Waals surface area contributed by atoms with Gasteiger partial charge >= 0.3 is 0 Å². The van der Waals surface area contributed by atoms with Crippen LogP contribution in [0.4, 0.5) is 0 Å². The van der Waals surface area contributed by atoms with Crippen molar-refractivity contribution < 1.29 is 4.74 Å². The summed E-state index contributed by atoms with van der Waals surface area (Å²) in [6, 6.07) is 0. The second-order valence-corrected chi connectivity index (χ2v) is 5.64. The molecule has 0 aromatic rings. The van der Waals surface area contributed by atoms with Crippen molar-refractivity contribution in [1.82, 2.24) is 0 Å². The first kappa shape index (κ1) is 10.0. The Kier molecular flexibility index (Phi) is 2.07. The van der Waals surface area contributed by atoms with E-state index in [9.17, 15) is 0 Å². The molecule has 1 rings (SSSR count). The van der Waals surface area contributed by atoms with Gasteiger partial charge < -0.3 is 4.74 Å². The lowest BCUT2D eigenvalue weighted by Crippen LogP contribution is -2.62. The van der Waals surface area contributed by atoms with Crippen LogP contribution in [0.1, 0.15) is 54.4 Å². The summed E-state index contributed by atoms with van der Waals surface area (Å²) in [6.45, 7) is 13.4. The average Bonchev–Trinajstić information content (AvgIpc) is 1.78. The van der Waals surface area contributed by atoms with Gasteiger partial charge in [0.2, 0.25) is 0 Å². The first-order valence-corrected chi connectivity index (χ1v) is 4.93. The Labute approximate surface area is 76.5 Å². The van der Waals surface area contributed by atoms with Gasteiger partial charge in [0, 0.05) is 6.42 Å². The molecule has 0 radical (unpaired) electrons. The number of rotatable bonds is 1. The van der Waals surface area contributed by atoms with Crippen molar-refractivity contribution in [1.29, 1.82) is 0 Å². The van der Waals surface area contributed by atoms with Gasteiger partial charge in [-0.2, -0.15) is 0 Å². The van der Waals surface area contributed by atoms with Crippen LogP contribution in [-0.2, 0) is 4.74 Å². The molecular weight excluding hydrogens is 148 g/mol. The molecular formula is C11H22O. The SMILES string of the molecule is CCC1(C(C)(C)C)CC(C)(C)O1. The normalized spacial score (nSPS) is 34.5. The maximum absolute atomic E-state index is 6.03. The van der Waals surface area contributed by atoms with Crippen molar-refractivity contribution in [3.8, 4) is 0 Å². The largest absolute Gasteiger partial charge is 0.368 e. The molecule has 0 bridgehead atoms. The molecule has 0 spiro atoms. The third kappa shape index (κ3) is 1.39. The van der Waals surface area contributed by atoms with Gasteiger partial charge in [0.05, 0.1) is 11.2 Å². The summed E-state index contributed by atoms with van der Waals surface area (Å²) >= 11 is 0. The van der Waals surface area contributed by atoms with E-state index in [0.29, 0.717) is 0 Å². The van der Waals surface area contributed by atoms with Crippen LogP contribution in [0.25, 0.3) is 0 Å². The van der Waals surface area contributed by atoms with Gasteiger partial charge in [-0.3, -0.25) is 0 Å². The monoisotopic (exact) mass is 170 g/mol. The second-order valence-electron chi connectivity index (χ2n) is 5.64. The lowest BCUT2D eigenvalue weighted by molar-refractivity contribution is -0.298. The molecule has 12 heavy (non-hydrogen) atoms. The molecule has 0 aromatic heterocycles. The molecule has 0 N–H and O–H groups in total. The molecule has 72 valence electrons. The van der Waals surface area contributed by atoms with E-state index in [4.69, 9.17) is 4.74 Å². The van der Waals surface area contributed by atoms with Crippen LogP contribution in [0.15, 0.2) is 0 Å². The Balaban J connectivity index is 2.72. The summed E-state index contributed by atoms with van der Waals surface area (Å²) in [5.41, 5.74) is 0.525. The zero-order chi connectivity index (χ0) is 9.62. The topological polar surface area (TPSA) is 9.23 Å². The van der Waals surface area contributed by atoms with Crippen molar-refractivity contribution in [3.05, 3.63) is 0 Å². The van der Waals surface area contributed by atoms with E-state index in [1.807, 2.05) is 0 Å².